The van der Waals surface area contributed by atoms with Gasteiger partial charge < -0.3 is 21.5 Å². The average Bonchev–Trinajstić information content (AvgIpc) is 2.30. The van der Waals surface area contributed by atoms with Crippen LogP contribution in [0.25, 0.3) is 0 Å². The first-order valence-electron chi connectivity index (χ1n) is 6.22. The molecule has 1 saturated carbocycles. The van der Waals surface area contributed by atoms with Gasteiger partial charge in [0.2, 0.25) is 5.54 Å². The molecule has 0 aromatic heterocycles. The predicted octanol–water partition coefficient (Wildman–Crippen LogP) is 0.961. The van der Waals surface area contributed by atoms with Gasteiger partial charge in [0.05, 0.1) is 0 Å². The van der Waals surface area contributed by atoms with Crippen LogP contribution in [-0.4, -0.2) is 40.9 Å². The van der Waals surface area contributed by atoms with Crippen LogP contribution < -0.4 is 16.4 Å². The molecule has 1 rings (SSSR count). The van der Waals surface area contributed by atoms with E-state index in [0.29, 0.717) is 19.8 Å². The fraction of sp³-hybridized carbons (Fsp3) is 0.818. The van der Waals surface area contributed by atoms with Gasteiger partial charge in [-0.2, -0.15) is 13.2 Å². The minimum atomic E-state index is -5.11. The van der Waals surface area contributed by atoms with Crippen LogP contribution in [0.3, 0.4) is 0 Å². The lowest BCUT2D eigenvalue weighted by Crippen LogP contribution is -2.65. The first-order chi connectivity index (χ1) is 9.08. The van der Waals surface area contributed by atoms with Gasteiger partial charge in [-0.05, 0) is 19.8 Å². The number of carbonyl (C=O) groups excluding carboxylic acids is 1. The van der Waals surface area contributed by atoms with E-state index in [-0.39, 0.29) is 6.04 Å². The first-order valence-corrected chi connectivity index (χ1v) is 6.22. The van der Waals surface area contributed by atoms with Gasteiger partial charge in [0.25, 0.3) is 0 Å². The van der Waals surface area contributed by atoms with Crippen LogP contribution in [0.15, 0.2) is 0 Å². The van der Waals surface area contributed by atoms with Crippen molar-refractivity contribution in [1.82, 2.24) is 10.6 Å². The van der Waals surface area contributed by atoms with Crippen molar-refractivity contribution in [2.45, 2.75) is 56.4 Å². The largest absolute Gasteiger partial charge is 0.479 e. The van der Waals surface area contributed by atoms with E-state index in [4.69, 9.17) is 10.8 Å². The molecule has 0 bridgehead atoms. The Balaban J connectivity index is 2.70. The number of rotatable bonds is 3. The summed E-state index contributed by atoms with van der Waals surface area (Å²) in [6, 6.07) is -1.97. The second-order valence-electron chi connectivity index (χ2n) is 5.08. The minimum absolute atomic E-state index is 0.337. The van der Waals surface area contributed by atoms with Gasteiger partial charge in [0, 0.05) is 12.1 Å². The lowest BCUT2D eigenvalue weighted by atomic mass is 9.91. The normalized spacial score (nSPS) is 26.4. The van der Waals surface area contributed by atoms with Crippen LogP contribution in [0.5, 0.6) is 0 Å². The molecule has 5 N–H and O–H groups in total. The van der Waals surface area contributed by atoms with E-state index in [1.165, 1.54) is 5.32 Å². The Bertz CT molecular complexity index is 389. The molecule has 2 amide bonds. The summed E-state index contributed by atoms with van der Waals surface area (Å²) < 4.78 is 38.2. The molecule has 3 unspecified atom stereocenters. The quantitative estimate of drug-likeness (QED) is 0.622. The Labute approximate surface area is 113 Å². The smallest absolute Gasteiger partial charge is 0.422 e. The number of urea groups is 1. The van der Waals surface area contributed by atoms with Crippen LogP contribution in [0, 0.1) is 0 Å². The third-order valence-corrected chi connectivity index (χ3v) is 3.49. The summed E-state index contributed by atoms with van der Waals surface area (Å²) in [4.78, 5) is 22.4. The molecule has 20 heavy (non-hydrogen) atoms. The Morgan fingerprint density at radius 1 is 1.25 bits per heavy atom. The maximum Gasteiger partial charge on any atom is 0.422 e. The number of carboxylic acid groups (broad SMARTS) is 1. The number of nitrogens with two attached hydrogens (primary N) is 1. The molecular weight excluding hydrogens is 279 g/mol. The Morgan fingerprint density at radius 2 is 1.80 bits per heavy atom. The molecule has 0 radical (unpaired) electrons. The van der Waals surface area contributed by atoms with E-state index in [2.05, 4.69) is 5.32 Å². The molecule has 3 atom stereocenters. The molecule has 9 heteroatoms. The Kier molecular flexibility index (Phi) is 4.85. The topological polar surface area (TPSA) is 104 Å². The maximum atomic E-state index is 12.7. The molecule has 1 fully saturated rings. The van der Waals surface area contributed by atoms with Gasteiger partial charge in [-0.25, -0.2) is 9.59 Å². The second kappa shape index (κ2) is 5.86. The van der Waals surface area contributed by atoms with Gasteiger partial charge >= 0.3 is 18.2 Å². The average molecular weight is 297 g/mol. The van der Waals surface area contributed by atoms with Gasteiger partial charge in [0.15, 0.2) is 0 Å². The number of nitrogens with one attached hydrogen (secondary N) is 2. The number of halogens is 3. The lowest BCUT2D eigenvalue weighted by molar-refractivity contribution is -0.203. The summed E-state index contributed by atoms with van der Waals surface area (Å²) in [6.45, 7) is 0.399. The summed E-state index contributed by atoms with van der Waals surface area (Å²) in [5.74, 6) is -2.17. The highest BCUT2D eigenvalue weighted by Crippen LogP contribution is 2.30. The van der Waals surface area contributed by atoms with E-state index in [1.807, 2.05) is 0 Å². The Hall–Kier alpha value is -1.51. The van der Waals surface area contributed by atoms with Crippen molar-refractivity contribution in [2.75, 3.05) is 0 Å². The molecule has 116 valence electrons. The summed E-state index contributed by atoms with van der Waals surface area (Å²) in [5, 5.41) is 12.5. The van der Waals surface area contributed by atoms with E-state index in [0.717, 1.165) is 12.8 Å². The number of amides is 2. The Morgan fingerprint density at radius 3 is 2.25 bits per heavy atom. The van der Waals surface area contributed by atoms with Crippen LogP contribution >= 0.6 is 0 Å². The number of carboxylic acids is 1. The van der Waals surface area contributed by atoms with Crippen molar-refractivity contribution in [3.8, 4) is 0 Å². The fourth-order valence-electron chi connectivity index (χ4n) is 2.02. The van der Waals surface area contributed by atoms with E-state index < -0.39 is 29.8 Å². The van der Waals surface area contributed by atoms with Gasteiger partial charge in [0.1, 0.15) is 0 Å². The summed E-state index contributed by atoms with van der Waals surface area (Å²) >= 11 is 0. The first kappa shape index (κ1) is 16.5. The van der Waals surface area contributed by atoms with Crippen LogP contribution in [0.2, 0.25) is 0 Å². The minimum Gasteiger partial charge on any atom is -0.479 e. The molecule has 1 aliphatic carbocycles. The molecule has 0 aromatic rings. The standard InChI is InChI=1S/C11H18F3N3O3/c1-10(8(18)19,11(12,13)14)17-9(20)16-7-5-3-2-4-6(7)15/h6-7H,2-5,15H2,1H3,(H,18,19)(H2,16,17,20). The van der Waals surface area contributed by atoms with Crippen LogP contribution in [-0.2, 0) is 4.79 Å². The third-order valence-electron chi connectivity index (χ3n) is 3.49. The van der Waals surface area contributed by atoms with E-state index in [1.54, 1.807) is 0 Å². The molecule has 1 aliphatic rings. The number of alkyl halides is 3. The molecule has 6 nitrogen and oxygen atoms in total. The molecule has 0 heterocycles. The molecule has 0 aromatic carbocycles. The zero-order valence-corrected chi connectivity index (χ0v) is 11.0. The van der Waals surface area contributed by atoms with Crippen molar-refractivity contribution in [1.29, 1.82) is 0 Å². The summed E-state index contributed by atoms with van der Waals surface area (Å²) in [6.07, 6.45) is -2.17. The zero-order chi connectivity index (χ0) is 15.6. The highest BCUT2D eigenvalue weighted by Gasteiger charge is 2.58. The maximum absolute atomic E-state index is 12.7. The van der Waals surface area contributed by atoms with E-state index >= 15 is 0 Å². The number of hydrogen-bond acceptors (Lipinski definition) is 3. The lowest BCUT2D eigenvalue weighted by Gasteiger charge is -2.32. The van der Waals surface area contributed by atoms with E-state index in [9.17, 15) is 22.8 Å². The van der Waals surface area contributed by atoms with Crippen LogP contribution in [0.1, 0.15) is 32.6 Å². The van der Waals surface area contributed by atoms with Crippen molar-refractivity contribution < 1.29 is 27.9 Å². The van der Waals surface area contributed by atoms with Crippen molar-refractivity contribution in [2.24, 2.45) is 5.73 Å². The second-order valence-corrected chi connectivity index (χ2v) is 5.08. The van der Waals surface area contributed by atoms with Gasteiger partial charge in [-0.1, -0.05) is 12.8 Å². The fourth-order valence-corrected chi connectivity index (χ4v) is 2.02. The van der Waals surface area contributed by atoms with Crippen molar-refractivity contribution in [3.05, 3.63) is 0 Å². The highest BCUT2D eigenvalue weighted by atomic mass is 19.4. The molecule has 0 aliphatic heterocycles. The van der Waals surface area contributed by atoms with Crippen LogP contribution in [0.4, 0.5) is 18.0 Å². The number of carbonyl (C=O) groups is 2. The highest BCUT2D eigenvalue weighted by molar-refractivity contribution is 5.86. The molecule has 0 spiro atoms. The third kappa shape index (κ3) is 3.53. The number of aliphatic carboxylic acids is 1. The SMILES string of the molecule is CC(NC(=O)NC1CCCCC1N)(C(=O)O)C(F)(F)F. The zero-order valence-electron chi connectivity index (χ0n) is 11.0. The van der Waals surface area contributed by atoms with Gasteiger partial charge in [-0.3, -0.25) is 0 Å². The molecule has 0 saturated heterocycles. The monoisotopic (exact) mass is 297 g/mol. The summed E-state index contributed by atoms with van der Waals surface area (Å²) in [5.41, 5.74) is 2.42. The van der Waals surface area contributed by atoms with Gasteiger partial charge in [-0.15, -0.1) is 0 Å². The van der Waals surface area contributed by atoms with Crippen molar-refractivity contribution in [3.63, 3.8) is 0 Å². The van der Waals surface area contributed by atoms with Crippen molar-refractivity contribution >= 4 is 12.0 Å². The number of hydrogen-bond donors (Lipinski definition) is 4. The molecular formula is C11H18F3N3O3. The summed E-state index contributed by atoms with van der Waals surface area (Å²) in [7, 11) is 0. The predicted molar refractivity (Wildman–Crippen MR) is 64.0 cm³/mol.